The van der Waals surface area contributed by atoms with Crippen LogP contribution >= 0.6 is 0 Å². The van der Waals surface area contributed by atoms with Crippen LogP contribution in [-0.4, -0.2) is 83.5 Å². The number of likely N-dealkylation sites (tertiary alicyclic amines) is 1. The SMILES string of the molecule is CN1CC2(CC(C(=O)O)C1C(=O)N1CCN(c3ccc4ccccc4n3)CC1)CC2C(N)=O. The number of carbonyl (C=O) groups excluding carboxylic acids is 2. The molecule has 2 amide bonds. The third-order valence-electron chi connectivity index (χ3n) is 7.65. The van der Waals surface area contributed by atoms with E-state index in [1.54, 1.807) is 11.9 Å². The summed E-state index contributed by atoms with van der Waals surface area (Å²) in [7, 11) is 1.78. The molecule has 1 aromatic carbocycles. The van der Waals surface area contributed by atoms with Gasteiger partial charge in [-0.25, -0.2) is 4.98 Å². The van der Waals surface area contributed by atoms with Crippen molar-refractivity contribution in [1.29, 1.82) is 0 Å². The Morgan fingerprint density at radius 3 is 2.45 bits per heavy atom. The Kier molecular flexibility index (Phi) is 5.23. The molecule has 3 N–H and O–H groups in total. The first-order chi connectivity index (χ1) is 15.8. The highest BCUT2D eigenvalue weighted by molar-refractivity contribution is 5.89. The van der Waals surface area contributed by atoms with Gasteiger partial charge in [-0.15, -0.1) is 0 Å². The number of carboxylic acids is 1. The smallest absolute Gasteiger partial charge is 0.308 e. The predicted octanol–water partition coefficient (Wildman–Crippen LogP) is 0.780. The van der Waals surface area contributed by atoms with Gasteiger partial charge in [0.05, 0.1) is 11.4 Å². The molecule has 1 aliphatic carbocycles. The van der Waals surface area contributed by atoms with Crippen molar-refractivity contribution in [2.75, 3.05) is 44.7 Å². The van der Waals surface area contributed by atoms with Crippen molar-refractivity contribution >= 4 is 34.5 Å². The van der Waals surface area contributed by atoms with Gasteiger partial charge in [-0.3, -0.25) is 19.3 Å². The second-order valence-corrected chi connectivity index (χ2v) is 9.70. The van der Waals surface area contributed by atoms with E-state index in [0.717, 1.165) is 16.7 Å². The first-order valence-electron chi connectivity index (χ1n) is 11.4. The van der Waals surface area contributed by atoms with E-state index < -0.39 is 23.3 Å². The van der Waals surface area contributed by atoms with Gasteiger partial charge in [0.1, 0.15) is 11.9 Å². The number of primary amides is 1. The maximum Gasteiger partial charge on any atom is 0.308 e. The number of nitrogens with zero attached hydrogens (tertiary/aromatic N) is 4. The largest absolute Gasteiger partial charge is 0.481 e. The fourth-order valence-corrected chi connectivity index (χ4v) is 5.82. The van der Waals surface area contributed by atoms with Crippen molar-refractivity contribution in [3.8, 4) is 0 Å². The van der Waals surface area contributed by atoms with Crippen LogP contribution in [0.25, 0.3) is 10.9 Å². The minimum absolute atomic E-state index is 0.151. The number of aromatic nitrogens is 1. The van der Waals surface area contributed by atoms with Crippen molar-refractivity contribution < 1.29 is 19.5 Å². The molecule has 3 heterocycles. The van der Waals surface area contributed by atoms with Crippen LogP contribution in [-0.2, 0) is 14.4 Å². The molecule has 2 aliphatic heterocycles. The van der Waals surface area contributed by atoms with Gasteiger partial charge in [0.25, 0.3) is 0 Å². The van der Waals surface area contributed by atoms with E-state index in [1.807, 2.05) is 35.2 Å². The van der Waals surface area contributed by atoms with E-state index >= 15 is 0 Å². The summed E-state index contributed by atoms with van der Waals surface area (Å²) in [5.41, 5.74) is 6.02. The van der Waals surface area contributed by atoms with Gasteiger partial charge in [0, 0.05) is 44.0 Å². The Balaban J connectivity index is 1.27. The van der Waals surface area contributed by atoms with Crippen LogP contribution < -0.4 is 10.6 Å². The van der Waals surface area contributed by atoms with Crippen LogP contribution in [0.15, 0.2) is 36.4 Å². The lowest BCUT2D eigenvalue weighted by atomic mass is 9.79. The van der Waals surface area contributed by atoms with E-state index in [4.69, 9.17) is 10.7 Å². The van der Waals surface area contributed by atoms with Crippen molar-refractivity contribution in [1.82, 2.24) is 14.8 Å². The monoisotopic (exact) mass is 451 g/mol. The van der Waals surface area contributed by atoms with Crippen molar-refractivity contribution in [3.05, 3.63) is 36.4 Å². The predicted molar refractivity (Wildman–Crippen MR) is 122 cm³/mol. The molecule has 9 heteroatoms. The molecular formula is C24H29N5O4. The maximum atomic E-state index is 13.4. The van der Waals surface area contributed by atoms with Crippen molar-refractivity contribution in [2.45, 2.75) is 18.9 Å². The molecule has 1 aromatic heterocycles. The van der Waals surface area contributed by atoms with Gasteiger partial charge >= 0.3 is 5.97 Å². The van der Waals surface area contributed by atoms with E-state index in [0.29, 0.717) is 45.6 Å². The number of carbonyl (C=O) groups is 3. The molecule has 33 heavy (non-hydrogen) atoms. The number of aliphatic carboxylic acids is 1. The number of rotatable bonds is 4. The number of likely N-dealkylation sites (N-methyl/N-ethyl adjacent to an activating group) is 1. The molecule has 3 aliphatic rings. The number of pyridine rings is 1. The lowest BCUT2D eigenvalue weighted by molar-refractivity contribution is -0.156. The zero-order valence-corrected chi connectivity index (χ0v) is 18.7. The molecule has 5 rings (SSSR count). The normalized spacial score (nSPS) is 29.9. The summed E-state index contributed by atoms with van der Waals surface area (Å²) < 4.78 is 0. The summed E-state index contributed by atoms with van der Waals surface area (Å²) >= 11 is 0. The first kappa shape index (κ1) is 21.6. The zero-order chi connectivity index (χ0) is 23.3. The lowest BCUT2D eigenvalue weighted by Crippen LogP contribution is -2.61. The van der Waals surface area contributed by atoms with E-state index in [2.05, 4.69) is 11.0 Å². The molecule has 4 unspecified atom stereocenters. The van der Waals surface area contributed by atoms with Crippen LogP contribution in [0.2, 0.25) is 0 Å². The molecule has 3 fully saturated rings. The zero-order valence-electron chi connectivity index (χ0n) is 18.7. The van der Waals surface area contributed by atoms with Gasteiger partial charge in [-0.1, -0.05) is 18.2 Å². The molecule has 174 valence electrons. The summed E-state index contributed by atoms with van der Waals surface area (Å²) in [5.74, 6) is -1.78. The van der Waals surface area contributed by atoms with Gasteiger partial charge in [-0.2, -0.15) is 0 Å². The summed E-state index contributed by atoms with van der Waals surface area (Å²) in [6, 6.07) is 11.3. The Hall–Kier alpha value is -3.20. The van der Waals surface area contributed by atoms with Gasteiger partial charge in [-0.05, 0) is 43.5 Å². The number of fused-ring (bicyclic) bond motifs is 1. The standard InChI is InChI=1S/C24H29N5O4/c1-27-14-24(13-17(24)21(25)30)12-16(23(32)33)20(27)22(31)29-10-8-28(9-11-29)19-7-6-15-4-2-3-5-18(15)26-19/h2-7,16-17,20H,8-14H2,1H3,(H2,25,30)(H,32,33). The van der Waals surface area contributed by atoms with Crippen LogP contribution in [0.5, 0.6) is 0 Å². The maximum absolute atomic E-state index is 13.4. The summed E-state index contributed by atoms with van der Waals surface area (Å²) in [6.45, 7) is 2.82. The van der Waals surface area contributed by atoms with Crippen molar-refractivity contribution in [2.24, 2.45) is 23.0 Å². The van der Waals surface area contributed by atoms with Crippen LogP contribution in [0.4, 0.5) is 5.82 Å². The number of hydrogen-bond acceptors (Lipinski definition) is 6. The Labute approximate surface area is 192 Å². The van der Waals surface area contributed by atoms with Gasteiger partial charge in [0.15, 0.2) is 0 Å². The number of carboxylic acid groups (broad SMARTS) is 1. The van der Waals surface area contributed by atoms with Crippen LogP contribution in [0.3, 0.4) is 0 Å². The molecule has 1 spiro atoms. The van der Waals surface area contributed by atoms with Crippen molar-refractivity contribution in [3.63, 3.8) is 0 Å². The second kappa shape index (κ2) is 7.98. The number of amides is 2. The molecule has 2 aromatic rings. The third kappa shape index (κ3) is 3.80. The minimum Gasteiger partial charge on any atom is -0.481 e. The Bertz CT molecular complexity index is 1110. The van der Waals surface area contributed by atoms with Crippen LogP contribution in [0, 0.1) is 17.3 Å². The molecule has 1 saturated carbocycles. The molecule has 0 radical (unpaired) electrons. The highest BCUT2D eigenvalue weighted by Crippen LogP contribution is 2.59. The number of hydrogen-bond donors (Lipinski definition) is 2. The highest BCUT2D eigenvalue weighted by Gasteiger charge is 2.63. The molecule has 4 atom stereocenters. The number of anilines is 1. The lowest BCUT2D eigenvalue weighted by Gasteiger charge is -2.44. The summed E-state index contributed by atoms with van der Waals surface area (Å²) in [6.07, 6.45) is 0.923. The fourth-order valence-electron chi connectivity index (χ4n) is 5.82. The second-order valence-electron chi connectivity index (χ2n) is 9.70. The molecule has 0 bridgehead atoms. The average molecular weight is 452 g/mol. The number of nitrogens with two attached hydrogens (primary N) is 1. The molecule has 9 nitrogen and oxygen atoms in total. The van der Waals surface area contributed by atoms with E-state index in [-0.39, 0.29) is 17.7 Å². The average Bonchev–Trinajstić information content (AvgIpc) is 3.51. The van der Waals surface area contributed by atoms with Gasteiger partial charge in [0.2, 0.25) is 11.8 Å². The minimum atomic E-state index is -0.992. The third-order valence-corrected chi connectivity index (χ3v) is 7.65. The highest BCUT2D eigenvalue weighted by atomic mass is 16.4. The summed E-state index contributed by atoms with van der Waals surface area (Å²) in [5, 5.41) is 11.0. The number of benzene rings is 1. The Morgan fingerprint density at radius 1 is 1.06 bits per heavy atom. The first-order valence-corrected chi connectivity index (χ1v) is 11.4. The fraction of sp³-hybridized carbons (Fsp3) is 0.500. The number of para-hydroxylation sites is 1. The quantitative estimate of drug-likeness (QED) is 0.705. The van der Waals surface area contributed by atoms with E-state index in [9.17, 15) is 19.5 Å². The topological polar surface area (TPSA) is 120 Å². The Morgan fingerprint density at radius 2 is 1.79 bits per heavy atom. The number of piperazine rings is 1. The number of piperidine rings is 1. The summed E-state index contributed by atoms with van der Waals surface area (Å²) in [4.78, 5) is 47.7. The van der Waals surface area contributed by atoms with Crippen LogP contribution in [0.1, 0.15) is 12.8 Å². The van der Waals surface area contributed by atoms with Gasteiger partial charge < -0.3 is 20.6 Å². The van der Waals surface area contributed by atoms with E-state index in [1.165, 1.54) is 0 Å². The molecule has 2 saturated heterocycles. The molecular weight excluding hydrogens is 422 g/mol.